The number of carboxylic acid groups (broad SMARTS) is 2. The van der Waals surface area contributed by atoms with Crippen LogP contribution in [0.15, 0.2) is 0 Å². The third-order valence-electron chi connectivity index (χ3n) is 0.816. The third kappa shape index (κ3) is 165. The largest absolute Gasteiger partial charge is 0.503 e. The number of rotatable bonds is 4. The average Bonchev–Trinajstić information content (AvgIpc) is 2.07. The summed E-state index contributed by atoms with van der Waals surface area (Å²) in [5, 5.41) is 13.9. The van der Waals surface area contributed by atoms with Crippen molar-refractivity contribution in [1.29, 1.82) is 0 Å². The second-order valence-corrected chi connectivity index (χ2v) is 1.85. The molecule has 0 amide bonds. The summed E-state index contributed by atoms with van der Waals surface area (Å²) in [6.07, 6.45) is -1.83. The van der Waals surface area contributed by atoms with Crippen molar-refractivity contribution in [2.24, 2.45) is 0 Å². The topological polar surface area (TPSA) is 107 Å². The lowest BCUT2D eigenvalue weighted by atomic mass is 10.8. The Hall–Kier alpha value is -0.850. The van der Waals surface area contributed by atoms with Crippen LogP contribution in [-0.2, 0) is 9.47 Å². The molecular weight excluding hydrogens is 204 g/mol. The molecule has 0 saturated heterocycles. The highest BCUT2D eigenvalue weighted by atomic mass is 16.6. The highest BCUT2D eigenvalue weighted by molar-refractivity contribution is 5.53. The molecule has 6 heteroatoms. The molecule has 0 aliphatic carbocycles. The molecular formula is C9H24O6. The van der Waals surface area contributed by atoms with Gasteiger partial charge in [-0.1, -0.05) is 0 Å². The minimum absolute atomic E-state index is 0. The van der Waals surface area contributed by atoms with E-state index in [1.54, 1.807) is 0 Å². The minimum Gasteiger partial charge on any atom is -0.450 e. The van der Waals surface area contributed by atoms with Crippen LogP contribution in [0, 0.1) is 0 Å². The Bertz CT molecular complexity index is 82.6. The normalized spacial score (nSPS) is 7.20. The van der Waals surface area contributed by atoms with Crippen LogP contribution in [0.25, 0.3) is 0 Å². The Morgan fingerprint density at radius 3 is 1.00 bits per heavy atom. The van der Waals surface area contributed by atoms with Crippen LogP contribution in [0.3, 0.4) is 0 Å². The summed E-state index contributed by atoms with van der Waals surface area (Å²) >= 11 is 0. The molecule has 15 heavy (non-hydrogen) atoms. The Labute approximate surface area is 91.1 Å². The molecule has 0 atom stereocenters. The number of hydrogen-bond donors (Lipinski definition) is 2. The van der Waals surface area contributed by atoms with E-state index in [0.717, 1.165) is 26.4 Å². The Balaban J connectivity index is -0.0000000590. The van der Waals surface area contributed by atoms with Gasteiger partial charge in [-0.15, -0.1) is 0 Å². The molecule has 0 aromatic heterocycles. The maximum Gasteiger partial charge on any atom is 0.503 e. The van der Waals surface area contributed by atoms with Crippen molar-refractivity contribution in [3.63, 3.8) is 0 Å². The van der Waals surface area contributed by atoms with Crippen LogP contribution in [0.1, 0.15) is 27.7 Å². The van der Waals surface area contributed by atoms with Gasteiger partial charge in [0.15, 0.2) is 0 Å². The van der Waals surface area contributed by atoms with Crippen molar-refractivity contribution in [3.8, 4) is 0 Å². The van der Waals surface area contributed by atoms with Gasteiger partial charge in [0.25, 0.3) is 0 Å². The molecule has 0 aromatic rings. The molecule has 96 valence electrons. The lowest BCUT2D eigenvalue weighted by molar-refractivity contribution is 0.137. The van der Waals surface area contributed by atoms with Crippen molar-refractivity contribution >= 4 is 6.16 Å². The molecule has 0 spiro atoms. The van der Waals surface area contributed by atoms with Crippen LogP contribution in [0.2, 0.25) is 0 Å². The van der Waals surface area contributed by atoms with E-state index in [9.17, 15) is 0 Å². The quantitative estimate of drug-likeness (QED) is 0.757. The summed E-state index contributed by atoms with van der Waals surface area (Å²) < 4.78 is 9.67. The van der Waals surface area contributed by atoms with Gasteiger partial charge in [0.1, 0.15) is 0 Å². The van der Waals surface area contributed by atoms with E-state index in [0.29, 0.717) is 0 Å². The first kappa shape index (κ1) is 23.8. The molecule has 0 unspecified atom stereocenters. The number of hydrogen-bond acceptors (Lipinski definition) is 3. The van der Waals surface area contributed by atoms with E-state index in [2.05, 4.69) is 0 Å². The standard InChI is InChI=1S/2C4H10O.CH2O3.H2O/c2*1-3-5-4-2;2-1(3)4;/h2*3-4H2,1-2H3;(H2,2,3,4);1H2. The summed E-state index contributed by atoms with van der Waals surface area (Å²) in [6, 6.07) is 0. The fourth-order valence-electron chi connectivity index (χ4n) is 0.408. The van der Waals surface area contributed by atoms with Gasteiger partial charge >= 0.3 is 6.16 Å². The lowest BCUT2D eigenvalue weighted by Gasteiger charge is -1.86. The summed E-state index contributed by atoms with van der Waals surface area (Å²) in [5.74, 6) is 0. The van der Waals surface area contributed by atoms with Crippen molar-refractivity contribution in [3.05, 3.63) is 0 Å². The van der Waals surface area contributed by atoms with Crippen molar-refractivity contribution in [2.75, 3.05) is 26.4 Å². The van der Waals surface area contributed by atoms with Gasteiger partial charge in [-0.2, -0.15) is 0 Å². The molecule has 0 aromatic carbocycles. The fourth-order valence-corrected chi connectivity index (χ4v) is 0.408. The van der Waals surface area contributed by atoms with E-state index >= 15 is 0 Å². The van der Waals surface area contributed by atoms with Gasteiger partial charge in [-0.25, -0.2) is 4.79 Å². The van der Waals surface area contributed by atoms with E-state index in [1.807, 2.05) is 27.7 Å². The molecule has 0 radical (unpaired) electrons. The molecule has 0 rings (SSSR count). The molecule has 0 aliphatic heterocycles. The third-order valence-corrected chi connectivity index (χ3v) is 0.816. The van der Waals surface area contributed by atoms with E-state index in [1.165, 1.54) is 0 Å². The maximum atomic E-state index is 8.56. The van der Waals surface area contributed by atoms with Crippen LogP contribution < -0.4 is 0 Å². The number of carbonyl (C=O) groups is 1. The second-order valence-electron chi connectivity index (χ2n) is 1.85. The first-order chi connectivity index (χ1) is 6.56. The molecule has 4 N–H and O–H groups in total. The summed E-state index contributed by atoms with van der Waals surface area (Å²) in [7, 11) is 0. The summed E-state index contributed by atoms with van der Waals surface area (Å²) in [6.45, 7) is 11.3. The van der Waals surface area contributed by atoms with E-state index < -0.39 is 6.16 Å². The first-order valence-electron chi connectivity index (χ1n) is 4.63. The SMILES string of the molecule is CCOCC.CCOCC.O.O=C(O)O. The Morgan fingerprint density at radius 2 is 1.00 bits per heavy atom. The highest BCUT2D eigenvalue weighted by Crippen LogP contribution is 1.64. The van der Waals surface area contributed by atoms with Gasteiger partial charge in [0, 0.05) is 26.4 Å². The molecule has 0 fully saturated rings. The van der Waals surface area contributed by atoms with Crippen LogP contribution >= 0.6 is 0 Å². The zero-order valence-corrected chi connectivity index (χ0v) is 9.95. The van der Waals surface area contributed by atoms with E-state index in [4.69, 9.17) is 24.5 Å². The zero-order valence-electron chi connectivity index (χ0n) is 9.95. The van der Waals surface area contributed by atoms with Crippen molar-refractivity contribution in [1.82, 2.24) is 0 Å². The van der Waals surface area contributed by atoms with Crippen LogP contribution in [-0.4, -0.2) is 48.3 Å². The second kappa shape index (κ2) is 29.2. The molecule has 6 nitrogen and oxygen atoms in total. The lowest BCUT2D eigenvalue weighted by Crippen LogP contribution is -1.84. The van der Waals surface area contributed by atoms with Crippen LogP contribution in [0.4, 0.5) is 4.79 Å². The Morgan fingerprint density at radius 1 is 0.867 bits per heavy atom. The fraction of sp³-hybridized carbons (Fsp3) is 0.889. The first-order valence-corrected chi connectivity index (χ1v) is 4.63. The zero-order chi connectivity index (χ0) is 11.8. The van der Waals surface area contributed by atoms with Gasteiger partial charge in [-0.3, -0.25) is 0 Å². The van der Waals surface area contributed by atoms with E-state index in [-0.39, 0.29) is 5.48 Å². The predicted molar refractivity (Wildman–Crippen MR) is 58.6 cm³/mol. The van der Waals surface area contributed by atoms with Crippen molar-refractivity contribution < 1.29 is 30.0 Å². The monoisotopic (exact) mass is 228 g/mol. The summed E-state index contributed by atoms with van der Waals surface area (Å²) in [5.41, 5.74) is 0. The van der Waals surface area contributed by atoms with Gasteiger partial charge in [0.2, 0.25) is 0 Å². The average molecular weight is 228 g/mol. The van der Waals surface area contributed by atoms with Gasteiger partial charge < -0.3 is 25.2 Å². The molecule has 0 bridgehead atoms. The molecule has 0 aliphatic rings. The van der Waals surface area contributed by atoms with Crippen molar-refractivity contribution in [2.45, 2.75) is 27.7 Å². The minimum atomic E-state index is -1.83. The smallest absolute Gasteiger partial charge is 0.450 e. The maximum absolute atomic E-state index is 8.56. The van der Waals surface area contributed by atoms with Gasteiger partial charge in [0.05, 0.1) is 0 Å². The van der Waals surface area contributed by atoms with Crippen LogP contribution in [0.5, 0.6) is 0 Å². The van der Waals surface area contributed by atoms with Gasteiger partial charge in [-0.05, 0) is 27.7 Å². The predicted octanol–water partition coefficient (Wildman–Crippen LogP) is 1.48. The number of ether oxygens (including phenoxy) is 2. The molecule has 0 saturated carbocycles. The Kier molecular flexibility index (Phi) is 46.3. The highest BCUT2D eigenvalue weighted by Gasteiger charge is 1.70. The summed E-state index contributed by atoms with van der Waals surface area (Å²) in [4.78, 5) is 8.56. The molecule has 0 heterocycles.